The summed E-state index contributed by atoms with van der Waals surface area (Å²) in [5, 5.41) is 3.25. The molecule has 0 radical (unpaired) electrons. The molecular formula is C20H20FN3O2S. The minimum atomic E-state index is -3.83. The molecule has 27 heavy (non-hydrogen) atoms. The van der Waals surface area contributed by atoms with Gasteiger partial charge < -0.3 is 5.32 Å². The third-order valence-corrected chi connectivity index (χ3v) is 5.53. The van der Waals surface area contributed by atoms with Gasteiger partial charge in [-0.1, -0.05) is 30.3 Å². The number of aryl methyl sites for hydroxylation is 1. The smallest absolute Gasteiger partial charge is 0.263 e. The van der Waals surface area contributed by atoms with E-state index in [1.807, 2.05) is 18.2 Å². The van der Waals surface area contributed by atoms with Gasteiger partial charge in [0.1, 0.15) is 11.6 Å². The first-order chi connectivity index (χ1) is 12.9. The fourth-order valence-electron chi connectivity index (χ4n) is 2.66. The van der Waals surface area contributed by atoms with Gasteiger partial charge in [0.05, 0.1) is 16.8 Å². The largest absolute Gasteiger partial charge is 0.383 e. The maximum atomic E-state index is 13.2. The summed E-state index contributed by atoms with van der Waals surface area (Å²) in [6.45, 7) is 2.29. The van der Waals surface area contributed by atoms with Crippen molar-refractivity contribution in [1.82, 2.24) is 4.98 Å². The summed E-state index contributed by atoms with van der Waals surface area (Å²) in [6, 6.07) is 17.0. The second-order valence-electron chi connectivity index (χ2n) is 6.11. The minimum absolute atomic E-state index is 0.0239. The number of rotatable bonds is 7. The molecule has 7 heteroatoms. The SMILES string of the molecule is Cc1cc(F)ccc1S(=O)(=O)Nc1ccc(NCCc2ccccc2)cn1. The van der Waals surface area contributed by atoms with Gasteiger partial charge in [-0.25, -0.2) is 17.8 Å². The van der Waals surface area contributed by atoms with Gasteiger partial charge in [-0.15, -0.1) is 0 Å². The average molecular weight is 385 g/mol. The Morgan fingerprint density at radius 3 is 2.48 bits per heavy atom. The van der Waals surface area contributed by atoms with Crippen LogP contribution in [-0.2, 0) is 16.4 Å². The Balaban J connectivity index is 1.61. The second kappa shape index (κ2) is 8.18. The highest BCUT2D eigenvalue weighted by atomic mass is 32.2. The summed E-state index contributed by atoms with van der Waals surface area (Å²) in [5.41, 5.74) is 2.37. The number of nitrogens with zero attached hydrogens (tertiary/aromatic N) is 1. The minimum Gasteiger partial charge on any atom is -0.383 e. The number of anilines is 2. The molecule has 0 saturated heterocycles. The van der Waals surface area contributed by atoms with E-state index in [-0.39, 0.29) is 10.7 Å². The Bertz CT molecular complexity index is 1010. The quantitative estimate of drug-likeness (QED) is 0.645. The molecule has 0 spiro atoms. The molecule has 3 aromatic rings. The highest BCUT2D eigenvalue weighted by Crippen LogP contribution is 2.20. The zero-order valence-electron chi connectivity index (χ0n) is 14.8. The fraction of sp³-hybridized carbons (Fsp3) is 0.150. The van der Waals surface area contributed by atoms with Crippen LogP contribution in [0, 0.1) is 12.7 Å². The Morgan fingerprint density at radius 1 is 1.04 bits per heavy atom. The molecule has 1 aromatic heterocycles. The molecule has 0 aliphatic carbocycles. The lowest BCUT2D eigenvalue weighted by Gasteiger charge is -2.11. The third-order valence-electron chi connectivity index (χ3n) is 4.01. The van der Waals surface area contributed by atoms with Gasteiger partial charge in [0.2, 0.25) is 0 Å². The molecule has 0 amide bonds. The molecule has 0 aliphatic heterocycles. The summed E-state index contributed by atoms with van der Waals surface area (Å²) in [5.74, 6) is -0.275. The molecule has 0 atom stereocenters. The number of hydrogen-bond donors (Lipinski definition) is 2. The molecule has 1 heterocycles. The van der Waals surface area contributed by atoms with E-state index >= 15 is 0 Å². The highest BCUT2D eigenvalue weighted by molar-refractivity contribution is 7.92. The van der Waals surface area contributed by atoms with Gasteiger partial charge in [-0.3, -0.25) is 4.72 Å². The van der Waals surface area contributed by atoms with Crippen LogP contribution in [0.2, 0.25) is 0 Å². The molecule has 2 aromatic carbocycles. The lowest BCUT2D eigenvalue weighted by Crippen LogP contribution is -2.15. The van der Waals surface area contributed by atoms with Crippen LogP contribution in [0.1, 0.15) is 11.1 Å². The van der Waals surface area contributed by atoms with Gasteiger partial charge in [-0.2, -0.15) is 0 Å². The summed E-state index contributed by atoms with van der Waals surface area (Å²) in [7, 11) is -3.83. The molecule has 0 saturated carbocycles. The van der Waals surface area contributed by atoms with E-state index in [0.29, 0.717) is 5.56 Å². The molecule has 3 rings (SSSR count). The third kappa shape index (κ3) is 5.04. The second-order valence-corrected chi connectivity index (χ2v) is 7.76. The number of sulfonamides is 1. The van der Waals surface area contributed by atoms with Crippen molar-refractivity contribution in [3.05, 3.63) is 83.8 Å². The van der Waals surface area contributed by atoms with Crippen LogP contribution >= 0.6 is 0 Å². The van der Waals surface area contributed by atoms with E-state index in [4.69, 9.17) is 0 Å². The normalized spacial score (nSPS) is 11.2. The van der Waals surface area contributed by atoms with Crippen LogP contribution < -0.4 is 10.0 Å². The predicted molar refractivity (Wildman–Crippen MR) is 105 cm³/mol. The van der Waals surface area contributed by atoms with Crippen LogP contribution in [0.4, 0.5) is 15.9 Å². The Morgan fingerprint density at radius 2 is 1.81 bits per heavy atom. The molecule has 0 fully saturated rings. The van der Waals surface area contributed by atoms with Gasteiger partial charge in [0, 0.05) is 6.54 Å². The Kier molecular flexibility index (Phi) is 5.71. The maximum absolute atomic E-state index is 13.2. The van der Waals surface area contributed by atoms with Crippen LogP contribution in [-0.4, -0.2) is 19.9 Å². The van der Waals surface area contributed by atoms with Gasteiger partial charge >= 0.3 is 0 Å². The van der Waals surface area contributed by atoms with Gasteiger partial charge in [0.15, 0.2) is 0 Å². The number of nitrogens with one attached hydrogen (secondary N) is 2. The average Bonchev–Trinajstić information content (AvgIpc) is 2.63. The summed E-state index contributed by atoms with van der Waals surface area (Å²) in [4.78, 5) is 4.16. The van der Waals surface area contributed by atoms with E-state index in [2.05, 4.69) is 27.2 Å². The summed E-state index contributed by atoms with van der Waals surface area (Å²) in [6.07, 6.45) is 2.44. The first kappa shape index (κ1) is 18.8. The van der Waals surface area contributed by atoms with Crippen LogP contribution in [0.3, 0.4) is 0 Å². The Hall–Kier alpha value is -2.93. The van der Waals surface area contributed by atoms with Crippen molar-refractivity contribution in [2.45, 2.75) is 18.2 Å². The standard InChI is InChI=1S/C20H20FN3O2S/c1-15-13-17(21)7-9-19(15)27(25,26)24-20-10-8-18(14-23-20)22-12-11-16-5-3-2-4-6-16/h2-10,13-14,22H,11-12H2,1H3,(H,23,24). The first-order valence-electron chi connectivity index (χ1n) is 8.47. The van der Waals surface area contributed by atoms with Gasteiger partial charge in [-0.05, 0) is 54.8 Å². The molecule has 140 valence electrons. The van der Waals surface area contributed by atoms with Crippen LogP contribution in [0.5, 0.6) is 0 Å². The number of halogens is 1. The van der Waals surface area contributed by atoms with Crippen molar-refractivity contribution in [2.24, 2.45) is 0 Å². The molecule has 5 nitrogen and oxygen atoms in total. The maximum Gasteiger partial charge on any atom is 0.263 e. The van der Waals surface area contributed by atoms with E-state index in [1.54, 1.807) is 25.3 Å². The zero-order valence-corrected chi connectivity index (χ0v) is 15.6. The zero-order chi connectivity index (χ0) is 19.3. The number of benzene rings is 2. The lowest BCUT2D eigenvalue weighted by molar-refractivity contribution is 0.598. The van der Waals surface area contributed by atoms with Crippen molar-refractivity contribution < 1.29 is 12.8 Å². The molecule has 0 bridgehead atoms. The van der Waals surface area contributed by atoms with E-state index < -0.39 is 15.8 Å². The fourth-order valence-corrected chi connectivity index (χ4v) is 3.90. The van der Waals surface area contributed by atoms with Crippen LogP contribution in [0.15, 0.2) is 71.8 Å². The van der Waals surface area contributed by atoms with Crippen LogP contribution in [0.25, 0.3) is 0 Å². The molecular weight excluding hydrogens is 365 g/mol. The van der Waals surface area contributed by atoms with Crippen molar-refractivity contribution in [1.29, 1.82) is 0 Å². The van der Waals surface area contributed by atoms with E-state index in [1.165, 1.54) is 17.7 Å². The monoisotopic (exact) mass is 385 g/mol. The molecule has 0 unspecified atom stereocenters. The van der Waals surface area contributed by atoms with Crippen molar-refractivity contribution in [2.75, 3.05) is 16.6 Å². The highest BCUT2D eigenvalue weighted by Gasteiger charge is 2.17. The lowest BCUT2D eigenvalue weighted by atomic mass is 10.1. The number of aromatic nitrogens is 1. The van der Waals surface area contributed by atoms with Crippen molar-refractivity contribution >= 4 is 21.5 Å². The van der Waals surface area contributed by atoms with Crippen molar-refractivity contribution in [3.8, 4) is 0 Å². The van der Waals surface area contributed by atoms with E-state index in [0.717, 1.165) is 24.7 Å². The van der Waals surface area contributed by atoms with Gasteiger partial charge in [0.25, 0.3) is 10.0 Å². The van der Waals surface area contributed by atoms with Crippen molar-refractivity contribution in [3.63, 3.8) is 0 Å². The number of hydrogen-bond acceptors (Lipinski definition) is 4. The molecule has 0 aliphatic rings. The predicted octanol–water partition coefficient (Wildman–Crippen LogP) is 3.98. The van der Waals surface area contributed by atoms with E-state index in [9.17, 15) is 12.8 Å². The molecule has 2 N–H and O–H groups in total. The summed E-state index contributed by atoms with van der Waals surface area (Å²) < 4.78 is 40.5. The number of pyridine rings is 1. The first-order valence-corrected chi connectivity index (χ1v) is 9.95. The Labute approximate surface area is 158 Å². The topological polar surface area (TPSA) is 71.1 Å². The summed E-state index contributed by atoms with van der Waals surface area (Å²) >= 11 is 0.